The van der Waals surface area contributed by atoms with Crippen molar-refractivity contribution in [2.45, 2.75) is 38.3 Å². The minimum atomic E-state index is -0.986. The van der Waals surface area contributed by atoms with Crippen LogP contribution >= 0.6 is 0 Å². The zero-order valence-electron chi connectivity index (χ0n) is 19.3. The highest BCUT2D eigenvalue weighted by Gasteiger charge is 2.29. The lowest BCUT2D eigenvalue weighted by atomic mass is 9.98. The van der Waals surface area contributed by atoms with E-state index in [1.165, 1.54) is 10.9 Å². The van der Waals surface area contributed by atoms with Crippen molar-refractivity contribution >= 4 is 18.0 Å². The van der Waals surface area contributed by atoms with Crippen molar-refractivity contribution in [1.82, 2.24) is 25.6 Å². The van der Waals surface area contributed by atoms with Gasteiger partial charge < -0.3 is 20.5 Å². The lowest BCUT2D eigenvalue weighted by molar-refractivity contribution is -0.137. The van der Waals surface area contributed by atoms with Gasteiger partial charge in [0, 0.05) is 18.5 Å². The van der Waals surface area contributed by atoms with Crippen LogP contribution in [0.2, 0.25) is 0 Å². The van der Waals surface area contributed by atoms with Gasteiger partial charge in [0.05, 0.1) is 19.2 Å². The molecule has 0 spiro atoms. The number of hydrogen-bond acceptors (Lipinski definition) is 6. The highest BCUT2D eigenvalue weighted by molar-refractivity contribution is 5.92. The number of carbonyl (C=O) groups excluding carboxylic acids is 2. The van der Waals surface area contributed by atoms with Crippen LogP contribution < -0.4 is 10.6 Å². The summed E-state index contributed by atoms with van der Waals surface area (Å²) in [4.78, 5) is 35.4. The molecule has 1 aromatic heterocycles. The average molecular weight is 478 g/mol. The monoisotopic (exact) mass is 477 g/mol. The first-order valence-corrected chi connectivity index (χ1v) is 11.5. The second-order valence-corrected chi connectivity index (χ2v) is 8.30. The number of carboxylic acids is 1. The summed E-state index contributed by atoms with van der Waals surface area (Å²) in [6.07, 6.45) is 1.23. The second-order valence-electron chi connectivity index (χ2n) is 8.30. The molecule has 0 saturated heterocycles. The second kappa shape index (κ2) is 10.8. The molecule has 2 aromatic carbocycles. The maximum absolute atomic E-state index is 12.3. The average Bonchev–Trinajstić information content (AvgIpc) is 3.45. The van der Waals surface area contributed by atoms with Crippen molar-refractivity contribution in [3.8, 4) is 11.1 Å². The Labute approximate surface area is 202 Å². The molecule has 3 aromatic rings. The van der Waals surface area contributed by atoms with Gasteiger partial charge in [-0.1, -0.05) is 60.7 Å². The molecule has 1 atom stereocenters. The van der Waals surface area contributed by atoms with E-state index >= 15 is 0 Å². The Morgan fingerprint density at radius 2 is 1.74 bits per heavy atom. The van der Waals surface area contributed by atoms with Gasteiger partial charge in [-0.15, -0.1) is 5.10 Å². The highest BCUT2D eigenvalue weighted by atomic mass is 16.5. The first-order chi connectivity index (χ1) is 17.0. The number of ether oxygens (including phenoxy) is 1. The number of aromatic nitrogens is 3. The van der Waals surface area contributed by atoms with Gasteiger partial charge >= 0.3 is 12.1 Å². The molecular formula is C25H27N5O5. The van der Waals surface area contributed by atoms with Crippen LogP contribution in [0, 0.1) is 0 Å². The quantitative estimate of drug-likeness (QED) is 0.409. The number of nitrogens with zero attached hydrogens (tertiary/aromatic N) is 3. The van der Waals surface area contributed by atoms with E-state index in [2.05, 4.69) is 45.2 Å². The van der Waals surface area contributed by atoms with Crippen LogP contribution in [0.15, 0.2) is 54.7 Å². The molecule has 0 unspecified atom stereocenters. The molecule has 2 amide bonds. The standard InChI is InChI=1S/C25H27N5O5/c1-2-16(13-23(31)32)27-24(33)22-14-30(29-28-22)12-11-26-25(34)35-15-21-19-9-5-3-7-17(19)18-8-4-6-10-20(18)21/h3-10,14,16,21H,2,11-13,15H2,1H3,(H,26,34)(H,27,33)(H,31,32)/t16-/m0/s1. The number of hydrogen-bond donors (Lipinski definition) is 3. The fourth-order valence-corrected chi connectivity index (χ4v) is 4.20. The third-order valence-corrected chi connectivity index (χ3v) is 5.97. The SMILES string of the molecule is CC[C@@H](CC(=O)O)NC(=O)c1cn(CCNC(=O)OCC2c3ccccc3-c3ccccc32)nn1. The predicted molar refractivity (Wildman–Crippen MR) is 127 cm³/mol. The molecule has 3 N–H and O–H groups in total. The van der Waals surface area contributed by atoms with E-state index in [0.717, 1.165) is 22.3 Å². The van der Waals surface area contributed by atoms with Crippen LogP contribution in [-0.2, 0) is 16.1 Å². The van der Waals surface area contributed by atoms with E-state index in [1.807, 2.05) is 24.3 Å². The zero-order chi connectivity index (χ0) is 24.8. The summed E-state index contributed by atoms with van der Waals surface area (Å²) < 4.78 is 6.93. The number of alkyl carbamates (subject to hydrolysis) is 1. The van der Waals surface area contributed by atoms with Gasteiger partial charge in [-0.3, -0.25) is 9.59 Å². The largest absolute Gasteiger partial charge is 0.481 e. The van der Waals surface area contributed by atoms with Crippen molar-refractivity contribution < 1.29 is 24.2 Å². The van der Waals surface area contributed by atoms with Crippen LogP contribution in [-0.4, -0.2) is 57.3 Å². The fourth-order valence-electron chi connectivity index (χ4n) is 4.20. The minimum Gasteiger partial charge on any atom is -0.481 e. The zero-order valence-corrected chi connectivity index (χ0v) is 19.3. The molecule has 10 heteroatoms. The number of rotatable bonds is 10. The predicted octanol–water partition coefficient (Wildman–Crippen LogP) is 2.80. The summed E-state index contributed by atoms with van der Waals surface area (Å²) in [5.74, 6) is -1.49. The van der Waals surface area contributed by atoms with Gasteiger partial charge in [0.1, 0.15) is 6.61 Å². The van der Waals surface area contributed by atoms with Gasteiger partial charge in [0.2, 0.25) is 0 Å². The molecule has 35 heavy (non-hydrogen) atoms. The third-order valence-electron chi connectivity index (χ3n) is 5.97. The maximum atomic E-state index is 12.3. The first kappa shape index (κ1) is 23.9. The van der Waals surface area contributed by atoms with E-state index in [1.54, 1.807) is 6.92 Å². The Kier molecular flexibility index (Phi) is 7.39. The lowest BCUT2D eigenvalue weighted by Crippen LogP contribution is -2.36. The van der Waals surface area contributed by atoms with E-state index in [9.17, 15) is 14.4 Å². The summed E-state index contributed by atoms with van der Waals surface area (Å²) >= 11 is 0. The molecule has 0 aliphatic heterocycles. The first-order valence-electron chi connectivity index (χ1n) is 11.5. The van der Waals surface area contributed by atoms with Gasteiger partial charge in [0.15, 0.2) is 5.69 Å². The van der Waals surface area contributed by atoms with Crippen LogP contribution in [0.5, 0.6) is 0 Å². The normalized spacial score (nSPS) is 12.9. The van der Waals surface area contributed by atoms with Crippen LogP contribution in [0.4, 0.5) is 4.79 Å². The van der Waals surface area contributed by atoms with Crippen molar-refractivity contribution in [3.05, 3.63) is 71.5 Å². The number of nitrogens with one attached hydrogen (secondary N) is 2. The number of amides is 2. The Morgan fingerprint density at radius 3 is 2.37 bits per heavy atom. The Bertz CT molecular complexity index is 1180. The molecule has 0 bridgehead atoms. The van der Waals surface area contributed by atoms with Gasteiger partial charge in [-0.05, 0) is 28.7 Å². The van der Waals surface area contributed by atoms with Gasteiger partial charge in [0.25, 0.3) is 5.91 Å². The number of benzene rings is 2. The number of carboxylic acid groups (broad SMARTS) is 1. The van der Waals surface area contributed by atoms with Gasteiger partial charge in [-0.2, -0.15) is 0 Å². The summed E-state index contributed by atoms with van der Waals surface area (Å²) in [6.45, 7) is 2.54. The molecule has 1 heterocycles. The van der Waals surface area contributed by atoms with E-state index in [-0.39, 0.29) is 37.7 Å². The Balaban J connectivity index is 1.25. The molecule has 0 saturated carbocycles. The topological polar surface area (TPSA) is 135 Å². The molecule has 0 fully saturated rings. The van der Waals surface area contributed by atoms with Crippen LogP contribution in [0.3, 0.4) is 0 Å². The van der Waals surface area contributed by atoms with E-state index in [0.29, 0.717) is 6.42 Å². The molecule has 4 rings (SSSR count). The minimum absolute atomic E-state index is 0.0161. The molecule has 1 aliphatic rings. The Hall–Kier alpha value is -4.21. The maximum Gasteiger partial charge on any atom is 0.407 e. The van der Waals surface area contributed by atoms with Crippen molar-refractivity contribution in [1.29, 1.82) is 0 Å². The molecular weight excluding hydrogens is 450 g/mol. The Morgan fingerprint density at radius 1 is 1.09 bits per heavy atom. The smallest absolute Gasteiger partial charge is 0.407 e. The molecule has 10 nitrogen and oxygen atoms in total. The summed E-state index contributed by atoms with van der Waals surface area (Å²) in [5.41, 5.74) is 4.69. The van der Waals surface area contributed by atoms with Crippen molar-refractivity contribution in [3.63, 3.8) is 0 Å². The van der Waals surface area contributed by atoms with Crippen molar-refractivity contribution in [2.75, 3.05) is 13.2 Å². The third kappa shape index (κ3) is 5.65. The molecule has 1 aliphatic carbocycles. The fraction of sp³-hybridized carbons (Fsp3) is 0.320. The van der Waals surface area contributed by atoms with Gasteiger partial charge in [-0.25, -0.2) is 9.48 Å². The summed E-state index contributed by atoms with van der Waals surface area (Å²) in [7, 11) is 0. The summed E-state index contributed by atoms with van der Waals surface area (Å²) in [6, 6.07) is 15.8. The summed E-state index contributed by atoms with van der Waals surface area (Å²) in [5, 5.41) is 21.9. The van der Waals surface area contributed by atoms with Crippen LogP contribution in [0.25, 0.3) is 11.1 Å². The number of fused-ring (bicyclic) bond motifs is 3. The molecule has 182 valence electrons. The highest BCUT2D eigenvalue weighted by Crippen LogP contribution is 2.44. The lowest BCUT2D eigenvalue weighted by Gasteiger charge is -2.14. The van der Waals surface area contributed by atoms with E-state index in [4.69, 9.17) is 9.84 Å². The number of carbonyl (C=O) groups is 3. The van der Waals surface area contributed by atoms with Crippen molar-refractivity contribution in [2.24, 2.45) is 0 Å². The van der Waals surface area contributed by atoms with Crippen LogP contribution in [0.1, 0.15) is 47.3 Å². The van der Waals surface area contributed by atoms with E-state index < -0.39 is 24.0 Å². The number of aliphatic carboxylic acids is 1. The molecule has 0 radical (unpaired) electrons.